The summed E-state index contributed by atoms with van der Waals surface area (Å²) in [4.78, 5) is 10.7. The van der Waals surface area contributed by atoms with Crippen LogP contribution in [0.5, 0.6) is 0 Å². The first-order chi connectivity index (χ1) is 6.24. The van der Waals surface area contributed by atoms with Crippen LogP contribution in [0.4, 0.5) is 4.79 Å². The fraction of sp³-hybridized carbons (Fsp3) is 0.571. The summed E-state index contributed by atoms with van der Waals surface area (Å²) in [5.74, 6) is 0. The normalized spacial score (nSPS) is 21.3. The van der Waals surface area contributed by atoms with Crippen LogP contribution in [0.3, 0.4) is 0 Å². The van der Waals surface area contributed by atoms with Gasteiger partial charge < -0.3 is 10.1 Å². The van der Waals surface area contributed by atoms with Gasteiger partial charge in [-0.1, -0.05) is 5.21 Å². The van der Waals surface area contributed by atoms with Gasteiger partial charge in [0.05, 0.1) is 18.8 Å². The highest BCUT2D eigenvalue weighted by atomic mass is 16.6. The number of carbonyl (C=O) groups is 1. The number of alkyl carbamates (subject to hydrolysis) is 1. The van der Waals surface area contributed by atoms with Gasteiger partial charge in [0, 0.05) is 6.20 Å². The molecular formula is C7H10N4O2. The van der Waals surface area contributed by atoms with Crippen LogP contribution in [0, 0.1) is 6.92 Å². The van der Waals surface area contributed by atoms with E-state index < -0.39 is 0 Å². The Kier molecular flexibility index (Phi) is 1.88. The second kappa shape index (κ2) is 3.04. The molecule has 70 valence electrons. The molecule has 1 aromatic rings. The van der Waals surface area contributed by atoms with Crippen LogP contribution >= 0.6 is 0 Å². The highest BCUT2D eigenvalue weighted by Gasteiger charge is 2.22. The number of hydrogen-bond donors (Lipinski definition) is 1. The van der Waals surface area contributed by atoms with Crippen LogP contribution in [0.15, 0.2) is 6.20 Å². The van der Waals surface area contributed by atoms with Crippen molar-refractivity contribution in [3.05, 3.63) is 11.9 Å². The second-order valence-electron chi connectivity index (χ2n) is 2.99. The summed E-state index contributed by atoms with van der Waals surface area (Å²) in [6, 6.07) is 0. The Labute approximate surface area is 74.9 Å². The minimum absolute atomic E-state index is 0.131. The molecule has 0 radical (unpaired) electrons. The number of cyclic esters (lactones) is 1. The number of aryl methyl sites for hydroxylation is 1. The minimum Gasteiger partial charge on any atom is -0.442 e. The second-order valence-corrected chi connectivity index (χ2v) is 2.99. The van der Waals surface area contributed by atoms with Gasteiger partial charge in [-0.15, -0.1) is 5.10 Å². The van der Waals surface area contributed by atoms with Gasteiger partial charge in [-0.25, -0.2) is 9.48 Å². The lowest BCUT2D eigenvalue weighted by atomic mass is 10.3. The fourth-order valence-electron chi connectivity index (χ4n) is 1.23. The molecule has 1 aliphatic heterocycles. The monoisotopic (exact) mass is 182 g/mol. The smallest absolute Gasteiger partial charge is 0.407 e. The Morgan fingerprint density at radius 1 is 1.85 bits per heavy atom. The van der Waals surface area contributed by atoms with Crippen LogP contribution in [0.2, 0.25) is 0 Å². The zero-order valence-corrected chi connectivity index (χ0v) is 7.23. The van der Waals surface area contributed by atoms with Crippen molar-refractivity contribution < 1.29 is 9.53 Å². The van der Waals surface area contributed by atoms with E-state index in [1.807, 2.05) is 13.1 Å². The molecular weight excluding hydrogens is 172 g/mol. The molecule has 2 heterocycles. The van der Waals surface area contributed by atoms with Gasteiger partial charge in [0.2, 0.25) is 0 Å². The third kappa shape index (κ3) is 1.77. The molecule has 1 fully saturated rings. The van der Waals surface area contributed by atoms with Gasteiger partial charge >= 0.3 is 6.09 Å². The van der Waals surface area contributed by atoms with Crippen LogP contribution < -0.4 is 5.32 Å². The Bertz CT molecular complexity index is 322. The van der Waals surface area contributed by atoms with Crippen molar-refractivity contribution in [2.45, 2.75) is 19.6 Å². The number of hydrogen-bond acceptors (Lipinski definition) is 4. The van der Waals surface area contributed by atoms with E-state index in [1.165, 1.54) is 0 Å². The third-order valence-electron chi connectivity index (χ3n) is 1.79. The van der Waals surface area contributed by atoms with Crippen LogP contribution in [0.1, 0.15) is 5.69 Å². The topological polar surface area (TPSA) is 69.0 Å². The standard InChI is InChI=1S/C7H10N4O2/c1-5-3-11(10-9-5)4-6-2-8-7(12)13-6/h3,6H,2,4H2,1H3,(H,8,12). The zero-order chi connectivity index (χ0) is 9.26. The minimum atomic E-state index is -0.359. The molecule has 1 saturated heterocycles. The van der Waals surface area contributed by atoms with Gasteiger partial charge in [-0.2, -0.15) is 0 Å². The lowest BCUT2D eigenvalue weighted by Gasteiger charge is -2.05. The third-order valence-corrected chi connectivity index (χ3v) is 1.79. The van der Waals surface area contributed by atoms with E-state index in [2.05, 4.69) is 15.6 Å². The van der Waals surface area contributed by atoms with Gasteiger partial charge in [-0.3, -0.25) is 0 Å². The van der Waals surface area contributed by atoms with Crippen molar-refractivity contribution in [2.75, 3.05) is 6.54 Å². The maximum Gasteiger partial charge on any atom is 0.407 e. The summed E-state index contributed by atoms with van der Waals surface area (Å²) in [6.45, 7) is 2.96. The van der Waals surface area contributed by atoms with Crippen molar-refractivity contribution in [1.29, 1.82) is 0 Å². The molecule has 1 N–H and O–H groups in total. The summed E-state index contributed by atoms with van der Waals surface area (Å²) in [5.41, 5.74) is 0.859. The molecule has 0 aromatic carbocycles. The highest BCUT2D eigenvalue weighted by molar-refractivity contribution is 5.69. The largest absolute Gasteiger partial charge is 0.442 e. The van der Waals surface area contributed by atoms with E-state index in [4.69, 9.17) is 4.74 Å². The van der Waals surface area contributed by atoms with Crippen LogP contribution in [-0.2, 0) is 11.3 Å². The molecule has 0 saturated carbocycles. The van der Waals surface area contributed by atoms with Crippen molar-refractivity contribution in [2.24, 2.45) is 0 Å². The summed E-state index contributed by atoms with van der Waals surface area (Å²) < 4.78 is 6.60. The average molecular weight is 182 g/mol. The molecule has 0 aliphatic carbocycles. The molecule has 1 unspecified atom stereocenters. The van der Waals surface area contributed by atoms with E-state index in [-0.39, 0.29) is 12.2 Å². The Morgan fingerprint density at radius 3 is 3.23 bits per heavy atom. The maximum absolute atomic E-state index is 10.7. The van der Waals surface area contributed by atoms with Crippen molar-refractivity contribution in [1.82, 2.24) is 20.3 Å². The fourth-order valence-corrected chi connectivity index (χ4v) is 1.23. The average Bonchev–Trinajstić information content (AvgIpc) is 2.62. The summed E-state index contributed by atoms with van der Waals surface area (Å²) in [7, 11) is 0. The van der Waals surface area contributed by atoms with E-state index in [0.29, 0.717) is 13.1 Å². The lowest BCUT2D eigenvalue weighted by Crippen LogP contribution is -2.20. The molecule has 1 aliphatic rings. The number of amides is 1. The number of aromatic nitrogens is 3. The van der Waals surface area contributed by atoms with Gasteiger partial charge in [0.1, 0.15) is 6.10 Å². The van der Waals surface area contributed by atoms with E-state index >= 15 is 0 Å². The summed E-state index contributed by atoms with van der Waals surface area (Å²) in [6.07, 6.45) is 1.32. The first-order valence-corrected chi connectivity index (χ1v) is 4.05. The Hall–Kier alpha value is -1.59. The van der Waals surface area contributed by atoms with Crippen LogP contribution in [-0.4, -0.2) is 33.7 Å². The number of nitrogens with zero attached hydrogens (tertiary/aromatic N) is 3. The predicted octanol–water partition coefficient (Wildman–Crippen LogP) is -0.305. The molecule has 1 amide bonds. The molecule has 6 heteroatoms. The van der Waals surface area contributed by atoms with Gasteiger partial charge in [0.15, 0.2) is 0 Å². The zero-order valence-electron chi connectivity index (χ0n) is 7.23. The lowest BCUT2D eigenvalue weighted by molar-refractivity contribution is 0.128. The maximum atomic E-state index is 10.7. The van der Waals surface area contributed by atoms with Crippen molar-refractivity contribution >= 4 is 6.09 Å². The first kappa shape index (κ1) is 8.03. The number of nitrogens with one attached hydrogen (secondary N) is 1. The van der Waals surface area contributed by atoms with Crippen molar-refractivity contribution in [3.63, 3.8) is 0 Å². The molecule has 6 nitrogen and oxygen atoms in total. The quantitative estimate of drug-likeness (QED) is 0.681. The SMILES string of the molecule is Cc1cn(CC2CNC(=O)O2)nn1. The highest BCUT2D eigenvalue weighted by Crippen LogP contribution is 2.02. The molecule has 1 atom stereocenters. The molecule has 1 aromatic heterocycles. The number of ether oxygens (including phenoxy) is 1. The Balaban J connectivity index is 1.95. The summed E-state index contributed by atoms with van der Waals surface area (Å²) >= 11 is 0. The van der Waals surface area contributed by atoms with E-state index in [1.54, 1.807) is 4.68 Å². The number of carbonyl (C=O) groups excluding carboxylic acids is 1. The Morgan fingerprint density at radius 2 is 2.69 bits per heavy atom. The van der Waals surface area contributed by atoms with Crippen LogP contribution in [0.25, 0.3) is 0 Å². The number of rotatable bonds is 2. The summed E-state index contributed by atoms with van der Waals surface area (Å²) in [5, 5.41) is 10.3. The van der Waals surface area contributed by atoms with E-state index in [0.717, 1.165) is 5.69 Å². The molecule has 0 bridgehead atoms. The predicted molar refractivity (Wildman–Crippen MR) is 43.0 cm³/mol. The van der Waals surface area contributed by atoms with E-state index in [9.17, 15) is 4.79 Å². The molecule has 13 heavy (non-hydrogen) atoms. The molecule has 2 rings (SSSR count). The van der Waals surface area contributed by atoms with Crippen molar-refractivity contribution in [3.8, 4) is 0 Å². The first-order valence-electron chi connectivity index (χ1n) is 4.05. The van der Waals surface area contributed by atoms with Gasteiger partial charge in [-0.05, 0) is 6.92 Å². The van der Waals surface area contributed by atoms with Gasteiger partial charge in [0.25, 0.3) is 0 Å². The molecule has 0 spiro atoms.